The van der Waals surface area contributed by atoms with Crippen LogP contribution in [0.2, 0.25) is 0 Å². The average Bonchev–Trinajstić information content (AvgIpc) is 3.49. The van der Waals surface area contributed by atoms with E-state index in [1.54, 1.807) is 7.11 Å². The Bertz CT molecular complexity index is 1190. The highest BCUT2D eigenvalue weighted by molar-refractivity contribution is 5.94. The number of carbonyl (C=O) groups is 1. The van der Waals surface area contributed by atoms with E-state index in [0.717, 1.165) is 42.7 Å². The van der Waals surface area contributed by atoms with Gasteiger partial charge in [0, 0.05) is 29.1 Å². The molecule has 1 saturated carbocycles. The number of rotatable bonds is 5. The van der Waals surface area contributed by atoms with Gasteiger partial charge in [-0.25, -0.2) is 0 Å². The number of hydrogen-bond donors (Lipinski definition) is 2. The Kier molecular flexibility index (Phi) is 5.21. The zero-order valence-electron chi connectivity index (χ0n) is 19.8. The Hall–Kier alpha value is -3.12. The lowest BCUT2D eigenvalue weighted by Gasteiger charge is -2.53. The molecule has 5 atom stereocenters. The highest BCUT2D eigenvalue weighted by Gasteiger charge is 2.60. The largest absolute Gasteiger partial charge is 0.497 e. The summed E-state index contributed by atoms with van der Waals surface area (Å²) >= 11 is 0. The van der Waals surface area contributed by atoms with Crippen molar-refractivity contribution < 1.29 is 9.53 Å². The minimum absolute atomic E-state index is 0.0628. The molecule has 6 nitrogen and oxygen atoms in total. The van der Waals surface area contributed by atoms with Crippen molar-refractivity contribution in [3.8, 4) is 17.0 Å². The van der Waals surface area contributed by atoms with Crippen LogP contribution in [0, 0.1) is 5.41 Å². The van der Waals surface area contributed by atoms with Gasteiger partial charge in [-0.15, -0.1) is 0 Å². The van der Waals surface area contributed by atoms with Gasteiger partial charge in [-0.1, -0.05) is 49.4 Å². The maximum atomic E-state index is 14.1. The van der Waals surface area contributed by atoms with Gasteiger partial charge in [-0.3, -0.25) is 9.89 Å². The van der Waals surface area contributed by atoms with Gasteiger partial charge >= 0.3 is 0 Å². The summed E-state index contributed by atoms with van der Waals surface area (Å²) in [6.07, 6.45) is 5.43. The fourth-order valence-corrected chi connectivity index (χ4v) is 6.77. The molecule has 1 aromatic heterocycles. The van der Waals surface area contributed by atoms with Crippen LogP contribution < -0.4 is 10.1 Å². The fourth-order valence-electron chi connectivity index (χ4n) is 6.77. The molecule has 3 heterocycles. The summed E-state index contributed by atoms with van der Waals surface area (Å²) in [6.45, 7) is 2.39. The third-order valence-electron chi connectivity index (χ3n) is 8.46. The van der Waals surface area contributed by atoms with Gasteiger partial charge in [-0.05, 0) is 55.9 Å². The first kappa shape index (κ1) is 21.4. The van der Waals surface area contributed by atoms with E-state index < -0.39 is 0 Å². The first-order valence-electron chi connectivity index (χ1n) is 12.4. The van der Waals surface area contributed by atoms with Crippen LogP contribution in [0.3, 0.4) is 0 Å². The second-order valence-electron chi connectivity index (χ2n) is 10.4. The van der Waals surface area contributed by atoms with Gasteiger partial charge in [0.1, 0.15) is 11.4 Å². The number of aromatic amines is 1. The summed E-state index contributed by atoms with van der Waals surface area (Å²) in [5, 5.41) is 11.5. The van der Waals surface area contributed by atoms with Crippen LogP contribution >= 0.6 is 0 Å². The summed E-state index contributed by atoms with van der Waals surface area (Å²) in [7, 11) is 1.65. The number of ether oxygens (including phenoxy) is 1. The van der Waals surface area contributed by atoms with Crippen molar-refractivity contribution in [3.05, 3.63) is 71.9 Å². The van der Waals surface area contributed by atoms with E-state index in [4.69, 9.17) is 4.74 Å². The van der Waals surface area contributed by atoms with Crippen molar-refractivity contribution in [1.29, 1.82) is 0 Å². The van der Waals surface area contributed by atoms with Crippen LogP contribution in [0.25, 0.3) is 11.3 Å². The SMILES string of the molecule is COc1cccc(-c2cc(C(=O)N3[C@@H](Cc4ccccc4)[C@@H]4C[C@@]5(C)[C@H](CCC[C@@H]35)N4)[nH]n2)c1. The van der Waals surface area contributed by atoms with Crippen molar-refractivity contribution in [2.24, 2.45) is 5.41 Å². The topological polar surface area (TPSA) is 70.2 Å². The highest BCUT2D eigenvalue weighted by atomic mass is 16.5. The third kappa shape index (κ3) is 3.43. The normalized spacial score (nSPS) is 29.8. The number of hydrogen-bond acceptors (Lipinski definition) is 4. The van der Waals surface area contributed by atoms with E-state index in [1.165, 1.54) is 12.0 Å². The minimum atomic E-state index is 0.0628. The van der Waals surface area contributed by atoms with Crippen LogP contribution in [-0.4, -0.2) is 52.3 Å². The summed E-state index contributed by atoms with van der Waals surface area (Å²) in [5.41, 5.74) is 3.65. The zero-order valence-corrected chi connectivity index (χ0v) is 19.8. The quantitative estimate of drug-likeness (QED) is 0.595. The number of aromatic nitrogens is 2. The number of piperidine rings is 1. The van der Waals surface area contributed by atoms with Crippen molar-refractivity contribution in [1.82, 2.24) is 20.4 Å². The molecular formula is C28H32N4O2. The molecule has 2 bridgehead atoms. The minimum Gasteiger partial charge on any atom is -0.497 e. The summed E-state index contributed by atoms with van der Waals surface area (Å²) in [5.74, 6) is 0.837. The van der Waals surface area contributed by atoms with Crippen LogP contribution in [-0.2, 0) is 6.42 Å². The lowest BCUT2D eigenvalue weighted by atomic mass is 9.64. The number of likely N-dealkylation sites (tertiary alicyclic amines) is 1. The molecule has 3 fully saturated rings. The number of nitrogens with one attached hydrogen (secondary N) is 2. The summed E-state index contributed by atoms with van der Waals surface area (Å²) < 4.78 is 5.36. The third-order valence-corrected chi connectivity index (χ3v) is 8.46. The van der Waals surface area contributed by atoms with Crippen molar-refractivity contribution >= 4 is 5.91 Å². The van der Waals surface area contributed by atoms with E-state index in [1.807, 2.05) is 30.3 Å². The molecule has 2 aliphatic heterocycles. The second kappa shape index (κ2) is 8.27. The van der Waals surface area contributed by atoms with E-state index in [0.29, 0.717) is 17.8 Å². The smallest absolute Gasteiger partial charge is 0.272 e. The van der Waals surface area contributed by atoms with Gasteiger partial charge in [-0.2, -0.15) is 5.10 Å². The molecule has 6 heteroatoms. The first-order chi connectivity index (χ1) is 16.6. The molecule has 6 rings (SSSR count). The number of methoxy groups -OCH3 is 1. The molecule has 2 aromatic carbocycles. The monoisotopic (exact) mass is 456 g/mol. The predicted octanol–water partition coefficient (Wildman–Crippen LogP) is 4.44. The molecule has 0 unspecified atom stereocenters. The van der Waals surface area contributed by atoms with Crippen molar-refractivity contribution in [3.63, 3.8) is 0 Å². The number of carbonyl (C=O) groups excluding carboxylic acids is 1. The molecule has 1 aliphatic carbocycles. The number of nitrogens with zero attached hydrogens (tertiary/aromatic N) is 2. The number of benzene rings is 2. The van der Waals surface area contributed by atoms with Crippen molar-refractivity contribution in [2.75, 3.05) is 7.11 Å². The highest BCUT2D eigenvalue weighted by Crippen LogP contribution is 2.52. The van der Waals surface area contributed by atoms with Crippen LogP contribution in [0.15, 0.2) is 60.7 Å². The summed E-state index contributed by atoms with van der Waals surface area (Å²) in [4.78, 5) is 16.3. The molecule has 0 spiro atoms. The average molecular weight is 457 g/mol. The predicted molar refractivity (Wildman–Crippen MR) is 132 cm³/mol. The Morgan fingerprint density at radius 3 is 2.82 bits per heavy atom. The maximum Gasteiger partial charge on any atom is 0.272 e. The lowest BCUT2D eigenvalue weighted by molar-refractivity contribution is -0.0115. The molecule has 3 aromatic rings. The molecular weight excluding hydrogens is 424 g/mol. The van der Waals surface area contributed by atoms with Crippen LogP contribution in [0.4, 0.5) is 0 Å². The number of fused-ring (bicyclic) bond motifs is 1. The van der Waals surface area contributed by atoms with E-state index in [2.05, 4.69) is 57.7 Å². The van der Waals surface area contributed by atoms with Gasteiger partial charge in [0.2, 0.25) is 0 Å². The number of amides is 1. The molecule has 0 radical (unpaired) electrons. The second-order valence-corrected chi connectivity index (χ2v) is 10.4. The van der Waals surface area contributed by atoms with Crippen LogP contribution in [0.5, 0.6) is 5.75 Å². The Morgan fingerprint density at radius 2 is 2.00 bits per heavy atom. The van der Waals surface area contributed by atoms with E-state index >= 15 is 0 Å². The maximum absolute atomic E-state index is 14.1. The fraction of sp³-hybridized carbons (Fsp3) is 0.429. The van der Waals surface area contributed by atoms with Gasteiger partial charge in [0.05, 0.1) is 18.8 Å². The molecule has 2 N–H and O–H groups in total. The lowest BCUT2D eigenvalue weighted by Crippen LogP contribution is -2.62. The Morgan fingerprint density at radius 1 is 1.15 bits per heavy atom. The van der Waals surface area contributed by atoms with Crippen LogP contribution in [0.1, 0.15) is 48.7 Å². The van der Waals surface area contributed by atoms with E-state index in [9.17, 15) is 4.79 Å². The van der Waals surface area contributed by atoms with Crippen molar-refractivity contribution in [2.45, 2.75) is 63.2 Å². The standard InChI is InChI=1S/C28H32N4O2/c1-28-17-23-24(14-18-8-4-3-5-9-18)32(26(28)13-7-12-25(28)29-23)27(33)22-16-21(30-31-22)19-10-6-11-20(15-19)34-2/h3-6,8-11,15-16,23-26,29H,7,12-14,17H2,1-2H3,(H,30,31)/t23-,24-,25-,26+,28-/m0/s1. The Labute approximate surface area is 200 Å². The molecule has 34 heavy (non-hydrogen) atoms. The van der Waals surface area contributed by atoms with Gasteiger partial charge in [0.15, 0.2) is 0 Å². The van der Waals surface area contributed by atoms with Gasteiger partial charge in [0.25, 0.3) is 5.91 Å². The van der Waals surface area contributed by atoms with E-state index in [-0.39, 0.29) is 23.4 Å². The molecule has 1 amide bonds. The molecule has 2 saturated heterocycles. The summed E-state index contributed by atoms with van der Waals surface area (Å²) in [6, 6.07) is 21.4. The number of H-pyrrole nitrogens is 1. The first-order valence-corrected chi connectivity index (χ1v) is 12.4. The molecule has 3 aliphatic rings. The zero-order chi connectivity index (χ0) is 23.3. The van der Waals surface area contributed by atoms with Gasteiger partial charge < -0.3 is 15.0 Å². The molecule has 176 valence electrons. The Balaban J connectivity index is 1.36.